The largest absolute Gasteiger partial charge is 0.339 e. The molecule has 0 saturated heterocycles. The van der Waals surface area contributed by atoms with Gasteiger partial charge >= 0.3 is 0 Å². The molecule has 0 radical (unpaired) electrons. The summed E-state index contributed by atoms with van der Waals surface area (Å²) in [6, 6.07) is 8.21. The summed E-state index contributed by atoms with van der Waals surface area (Å²) >= 11 is 0. The third-order valence-corrected chi connectivity index (χ3v) is 3.12. The molecule has 1 atom stereocenters. The molecule has 0 amide bonds. The zero-order valence-corrected chi connectivity index (χ0v) is 10.9. The molecule has 1 heterocycles. The van der Waals surface area contributed by atoms with Crippen LogP contribution in [-0.2, 0) is 12.8 Å². The van der Waals surface area contributed by atoms with E-state index in [0.717, 1.165) is 19.3 Å². The Kier molecular flexibility index (Phi) is 4.10. The Balaban J connectivity index is 1.98. The molecule has 2 aromatic rings. The fourth-order valence-corrected chi connectivity index (χ4v) is 1.83. The normalized spacial score (nSPS) is 12.6. The molecular weight excluding hydrogens is 226 g/mol. The standard InChI is InChI=1S/C14H19N3O/c1-3-12(15)14-16-13(18-17-14)9-8-11-7-5-4-6-10(11)2/h4-7,12H,3,8-9,15H2,1-2H3. The number of aromatic nitrogens is 2. The van der Waals surface area contributed by atoms with Crippen LogP contribution in [-0.4, -0.2) is 10.1 Å². The maximum atomic E-state index is 5.85. The van der Waals surface area contributed by atoms with Gasteiger partial charge in [-0.1, -0.05) is 36.3 Å². The first kappa shape index (κ1) is 12.8. The zero-order chi connectivity index (χ0) is 13.0. The lowest BCUT2D eigenvalue weighted by atomic mass is 10.0. The quantitative estimate of drug-likeness (QED) is 0.879. The van der Waals surface area contributed by atoms with Gasteiger partial charge in [-0.05, 0) is 30.9 Å². The van der Waals surface area contributed by atoms with E-state index in [-0.39, 0.29) is 6.04 Å². The second-order valence-electron chi connectivity index (χ2n) is 4.49. The number of rotatable bonds is 5. The van der Waals surface area contributed by atoms with Gasteiger partial charge in [-0.15, -0.1) is 0 Å². The Bertz CT molecular complexity index is 507. The van der Waals surface area contributed by atoms with Gasteiger partial charge in [0.1, 0.15) is 0 Å². The lowest BCUT2D eigenvalue weighted by Crippen LogP contribution is -2.10. The second-order valence-corrected chi connectivity index (χ2v) is 4.49. The van der Waals surface area contributed by atoms with E-state index in [2.05, 4.69) is 35.3 Å². The van der Waals surface area contributed by atoms with E-state index in [1.165, 1.54) is 11.1 Å². The van der Waals surface area contributed by atoms with Crippen molar-refractivity contribution in [2.24, 2.45) is 5.73 Å². The third-order valence-electron chi connectivity index (χ3n) is 3.12. The van der Waals surface area contributed by atoms with Gasteiger partial charge < -0.3 is 10.3 Å². The highest BCUT2D eigenvalue weighted by molar-refractivity contribution is 5.25. The van der Waals surface area contributed by atoms with Crippen LogP contribution in [0.15, 0.2) is 28.8 Å². The summed E-state index contributed by atoms with van der Waals surface area (Å²) in [6.45, 7) is 4.12. The van der Waals surface area contributed by atoms with E-state index in [0.29, 0.717) is 11.7 Å². The molecule has 0 aliphatic rings. The molecule has 0 aliphatic heterocycles. The van der Waals surface area contributed by atoms with Crippen molar-refractivity contribution in [1.82, 2.24) is 10.1 Å². The smallest absolute Gasteiger partial charge is 0.227 e. The first-order valence-corrected chi connectivity index (χ1v) is 6.33. The van der Waals surface area contributed by atoms with Gasteiger partial charge in [-0.25, -0.2) is 0 Å². The average molecular weight is 245 g/mol. The Labute approximate surface area is 107 Å². The minimum absolute atomic E-state index is 0.124. The molecule has 0 aliphatic carbocycles. The van der Waals surface area contributed by atoms with Crippen LogP contribution in [0.1, 0.15) is 42.2 Å². The van der Waals surface area contributed by atoms with Crippen molar-refractivity contribution in [1.29, 1.82) is 0 Å². The minimum atomic E-state index is -0.124. The Morgan fingerprint density at radius 1 is 1.28 bits per heavy atom. The van der Waals surface area contributed by atoms with Gasteiger partial charge in [-0.2, -0.15) is 4.98 Å². The molecule has 18 heavy (non-hydrogen) atoms. The highest BCUT2D eigenvalue weighted by atomic mass is 16.5. The van der Waals surface area contributed by atoms with Crippen molar-refractivity contribution in [3.63, 3.8) is 0 Å². The minimum Gasteiger partial charge on any atom is -0.339 e. The van der Waals surface area contributed by atoms with Crippen molar-refractivity contribution in [2.75, 3.05) is 0 Å². The zero-order valence-electron chi connectivity index (χ0n) is 10.9. The maximum Gasteiger partial charge on any atom is 0.227 e. The van der Waals surface area contributed by atoms with Gasteiger partial charge in [-0.3, -0.25) is 0 Å². The second kappa shape index (κ2) is 5.78. The van der Waals surface area contributed by atoms with Crippen LogP contribution in [0.4, 0.5) is 0 Å². The fourth-order valence-electron chi connectivity index (χ4n) is 1.83. The summed E-state index contributed by atoms with van der Waals surface area (Å²) in [4.78, 5) is 4.32. The highest BCUT2D eigenvalue weighted by Gasteiger charge is 2.12. The van der Waals surface area contributed by atoms with E-state index in [9.17, 15) is 0 Å². The molecule has 1 aromatic carbocycles. The van der Waals surface area contributed by atoms with E-state index in [1.807, 2.05) is 13.0 Å². The van der Waals surface area contributed by atoms with E-state index < -0.39 is 0 Å². The van der Waals surface area contributed by atoms with Crippen molar-refractivity contribution in [3.05, 3.63) is 47.1 Å². The van der Waals surface area contributed by atoms with Gasteiger partial charge in [0.25, 0.3) is 0 Å². The molecule has 0 saturated carbocycles. The highest BCUT2D eigenvalue weighted by Crippen LogP contribution is 2.13. The van der Waals surface area contributed by atoms with E-state index in [4.69, 9.17) is 10.3 Å². The average Bonchev–Trinajstić information content (AvgIpc) is 2.86. The van der Waals surface area contributed by atoms with E-state index >= 15 is 0 Å². The maximum absolute atomic E-state index is 5.85. The Hall–Kier alpha value is -1.68. The lowest BCUT2D eigenvalue weighted by molar-refractivity contribution is 0.369. The molecule has 4 nitrogen and oxygen atoms in total. The molecule has 1 aromatic heterocycles. The SMILES string of the molecule is CCC(N)c1noc(CCc2ccccc2C)n1. The summed E-state index contributed by atoms with van der Waals surface area (Å²) in [5.74, 6) is 1.27. The first-order valence-electron chi connectivity index (χ1n) is 6.33. The van der Waals surface area contributed by atoms with Crippen molar-refractivity contribution < 1.29 is 4.52 Å². The molecule has 1 unspecified atom stereocenters. The molecule has 4 heteroatoms. The molecule has 0 fully saturated rings. The lowest BCUT2D eigenvalue weighted by Gasteiger charge is -2.02. The predicted molar refractivity (Wildman–Crippen MR) is 70.1 cm³/mol. The number of nitrogens with zero attached hydrogens (tertiary/aromatic N) is 2. The van der Waals surface area contributed by atoms with Crippen molar-refractivity contribution >= 4 is 0 Å². The van der Waals surface area contributed by atoms with Gasteiger partial charge in [0.05, 0.1) is 6.04 Å². The number of hydrogen-bond donors (Lipinski definition) is 1. The molecule has 2 N–H and O–H groups in total. The number of benzene rings is 1. The van der Waals surface area contributed by atoms with Crippen LogP contribution < -0.4 is 5.73 Å². The van der Waals surface area contributed by atoms with Crippen LogP contribution >= 0.6 is 0 Å². The van der Waals surface area contributed by atoms with Crippen LogP contribution in [0.25, 0.3) is 0 Å². The molecular formula is C14H19N3O. The Morgan fingerprint density at radius 2 is 2.06 bits per heavy atom. The van der Waals surface area contributed by atoms with Crippen LogP contribution in [0.3, 0.4) is 0 Å². The first-order chi connectivity index (χ1) is 8.70. The summed E-state index contributed by atoms with van der Waals surface area (Å²) in [5, 5.41) is 3.91. The predicted octanol–water partition coefficient (Wildman–Crippen LogP) is 2.57. The molecule has 0 bridgehead atoms. The third kappa shape index (κ3) is 2.96. The molecule has 96 valence electrons. The molecule has 2 rings (SSSR count). The number of nitrogens with two attached hydrogens (primary N) is 1. The van der Waals surface area contributed by atoms with Crippen molar-refractivity contribution in [2.45, 2.75) is 39.2 Å². The summed E-state index contributed by atoms with van der Waals surface area (Å²) in [6.07, 6.45) is 2.49. The van der Waals surface area contributed by atoms with Gasteiger partial charge in [0.2, 0.25) is 5.89 Å². The van der Waals surface area contributed by atoms with Crippen LogP contribution in [0.2, 0.25) is 0 Å². The van der Waals surface area contributed by atoms with Gasteiger partial charge in [0.15, 0.2) is 5.82 Å². The summed E-state index contributed by atoms with van der Waals surface area (Å²) in [5.41, 5.74) is 8.46. The summed E-state index contributed by atoms with van der Waals surface area (Å²) in [7, 11) is 0. The molecule has 0 spiro atoms. The number of aryl methyl sites for hydroxylation is 3. The van der Waals surface area contributed by atoms with Crippen molar-refractivity contribution in [3.8, 4) is 0 Å². The number of hydrogen-bond acceptors (Lipinski definition) is 4. The van der Waals surface area contributed by atoms with Crippen LogP contribution in [0, 0.1) is 6.92 Å². The van der Waals surface area contributed by atoms with E-state index in [1.54, 1.807) is 0 Å². The topological polar surface area (TPSA) is 64.9 Å². The van der Waals surface area contributed by atoms with Gasteiger partial charge in [0, 0.05) is 6.42 Å². The monoisotopic (exact) mass is 245 g/mol. The Morgan fingerprint density at radius 3 is 2.78 bits per heavy atom. The van der Waals surface area contributed by atoms with Crippen LogP contribution in [0.5, 0.6) is 0 Å². The summed E-state index contributed by atoms with van der Waals surface area (Å²) < 4.78 is 5.21. The fraction of sp³-hybridized carbons (Fsp3) is 0.429.